The second-order valence-corrected chi connectivity index (χ2v) is 8.86. The lowest BCUT2D eigenvalue weighted by molar-refractivity contribution is -0.0517. The van der Waals surface area contributed by atoms with Crippen molar-refractivity contribution in [2.45, 2.75) is 57.0 Å². The van der Waals surface area contributed by atoms with Gasteiger partial charge >= 0.3 is 0 Å². The maximum Gasteiger partial charge on any atom is 0.129 e. The maximum absolute atomic E-state index is 10.9. The third-order valence-corrected chi connectivity index (χ3v) is 8.02. The Kier molecular flexibility index (Phi) is 2.68. The van der Waals surface area contributed by atoms with E-state index in [-0.39, 0.29) is 17.4 Å². The molecule has 0 saturated heterocycles. The van der Waals surface area contributed by atoms with Crippen LogP contribution in [0.25, 0.3) is 6.08 Å². The fourth-order valence-electron chi connectivity index (χ4n) is 7.06. The molecule has 1 aromatic heterocycles. The van der Waals surface area contributed by atoms with E-state index in [1.165, 1.54) is 18.4 Å². The molecule has 6 atom stereocenters. The quantitative estimate of drug-likeness (QED) is 0.830. The largest absolute Gasteiger partial charge is 0.465 e. The minimum atomic E-state index is -0.836. The average molecular weight is 314 g/mol. The van der Waals surface area contributed by atoms with Crippen molar-refractivity contribution < 1.29 is 14.6 Å². The lowest BCUT2D eigenvalue weighted by atomic mass is 9.46. The summed E-state index contributed by atoms with van der Waals surface area (Å²) in [4.78, 5) is 0. The standard InChI is InChI=1S/C20H26O3/c1-18-7-5-16-14(6-9-23-16)15(18)4-8-19-10-13(2-3-17(18)19)20(22,11-19)12-21/h5-7,9,13,15,17,21-22H,2-4,8,10-12H2,1H3/t13?,15-,17+,18-,19+,20+/m0/s1. The molecule has 0 amide bonds. The molecule has 23 heavy (non-hydrogen) atoms. The molecule has 5 rings (SSSR count). The summed E-state index contributed by atoms with van der Waals surface area (Å²) >= 11 is 0. The van der Waals surface area contributed by atoms with Crippen LogP contribution >= 0.6 is 0 Å². The van der Waals surface area contributed by atoms with Crippen molar-refractivity contribution in [3.05, 3.63) is 29.7 Å². The van der Waals surface area contributed by atoms with Gasteiger partial charge in [-0.1, -0.05) is 13.0 Å². The molecule has 1 aromatic rings. The molecule has 3 fully saturated rings. The van der Waals surface area contributed by atoms with E-state index in [0.717, 1.165) is 31.4 Å². The van der Waals surface area contributed by atoms with Crippen LogP contribution in [-0.2, 0) is 0 Å². The molecule has 0 aromatic carbocycles. The molecule has 3 nitrogen and oxygen atoms in total. The van der Waals surface area contributed by atoms with Gasteiger partial charge in [-0.25, -0.2) is 0 Å². The first-order valence-electron chi connectivity index (χ1n) is 9.11. The van der Waals surface area contributed by atoms with Crippen LogP contribution in [0.4, 0.5) is 0 Å². The predicted molar refractivity (Wildman–Crippen MR) is 87.7 cm³/mol. The van der Waals surface area contributed by atoms with Gasteiger partial charge < -0.3 is 14.6 Å². The van der Waals surface area contributed by atoms with Crippen molar-refractivity contribution in [2.75, 3.05) is 6.61 Å². The molecule has 0 aliphatic heterocycles. The van der Waals surface area contributed by atoms with Gasteiger partial charge in [-0.3, -0.25) is 0 Å². The lowest BCUT2D eigenvalue weighted by Crippen LogP contribution is -2.49. The molecule has 124 valence electrons. The van der Waals surface area contributed by atoms with Gasteiger partial charge in [-0.2, -0.15) is 0 Å². The van der Waals surface area contributed by atoms with E-state index < -0.39 is 5.60 Å². The first-order valence-corrected chi connectivity index (χ1v) is 9.11. The fourth-order valence-corrected chi connectivity index (χ4v) is 7.06. The summed E-state index contributed by atoms with van der Waals surface area (Å²) in [7, 11) is 0. The third-order valence-electron chi connectivity index (χ3n) is 8.02. The minimum Gasteiger partial charge on any atom is -0.465 e. The van der Waals surface area contributed by atoms with E-state index in [4.69, 9.17) is 4.42 Å². The SMILES string of the molecule is C[C@]12C=Cc3occc3[C@@H]1CC[C@]13CC(CC[C@@H]12)[C@](O)(CO)C3. The van der Waals surface area contributed by atoms with Gasteiger partial charge in [0.15, 0.2) is 0 Å². The molecule has 2 bridgehead atoms. The Morgan fingerprint density at radius 1 is 1.30 bits per heavy atom. The van der Waals surface area contributed by atoms with Crippen LogP contribution in [0.15, 0.2) is 22.8 Å². The number of furan rings is 1. The monoisotopic (exact) mass is 314 g/mol. The summed E-state index contributed by atoms with van der Waals surface area (Å²) in [6.45, 7) is 2.35. The maximum atomic E-state index is 10.9. The van der Waals surface area contributed by atoms with E-state index in [0.29, 0.717) is 17.8 Å². The van der Waals surface area contributed by atoms with Gasteiger partial charge in [-0.15, -0.1) is 0 Å². The van der Waals surface area contributed by atoms with Gasteiger partial charge in [0.1, 0.15) is 5.76 Å². The minimum absolute atomic E-state index is 0.0754. The Labute approximate surface area is 137 Å². The summed E-state index contributed by atoms with van der Waals surface area (Å²) in [6, 6.07) is 2.16. The zero-order valence-corrected chi connectivity index (χ0v) is 13.8. The summed E-state index contributed by atoms with van der Waals surface area (Å²) in [6.07, 6.45) is 12.9. The summed E-state index contributed by atoms with van der Waals surface area (Å²) in [5.74, 6) is 2.47. The first-order chi connectivity index (χ1) is 11.0. The Hall–Kier alpha value is -1.06. The molecule has 4 aliphatic rings. The number of hydrogen-bond acceptors (Lipinski definition) is 3. The number of hydrogen-bond donors (Lipinski definition) is 2. The van der Waals surface area contributed by atoms with Crippen LogP contribution in [0.2, 0.25) is 0 Å². The normalized spacial score (nSPS) is 50.3. The highest BCUT2D eigenvalue weighted by atomic mass is 16.3. The predicted octanol–water partition coefficient (Wildman–Crippen LogP) is 3.72. The molecular weight excluding hydrogens is 288 g/mol. The molecule has 4 aliphatic carbocycles. The topological polar surface area (TPSA) is 53.6 Å². The Morgan fingerprint density at radius 2 is 2.17 bits per heavy atom. The summed E-state index contributed by atoms with van der Waals surface area (Å²) in [5.41, 5.74) is 0.914. The van der Waals surface area contributed by atoms with Crippen molar-refractivity contribution in [3.8, 4) is 0 Å². The number of allylic oxidation sites excluding steroid dienone is 1. The molecule has 3 saturated carbocycles. The number of aliphatic hydroxyl groups excluding tert-OH is 1. The fraction of sp³-hybridized carbons (Fsp3) is 0.700. The second kappa shape index (κ2) is 4.31. The van der Waals surface area contributed by atoms with E-state index in [1.54, 1.807) is 0 Å². The highest BCUT2D eigenvalue weighted by Crippen LogP contribution is 2.71. The van der Waals surface area contributed by atoms with Crippen molar-refractivity contribution >= 4 is 6.08 Å². The van der Waals surface area contributed by atoms with Crippen molar-refractivity contribution in [1.29, 1.82) is 0 Å². The van der Waals surface area contributed by atoms with Gasteiger partial charge in [0.2, 0.25) is 0 Å². The van der Waals surface area contributed by atoms with Crippen LogP contribution in [0.1, 0.15) is 62.7 Å². The lowest BCUT2D eigenvalue weighted by Gasteiger charge is -2.58. The van der Waals surface area contributed by atoms with Crippen molar-refractivity contribution in [1.82, 2.24) is 0 Å². The number of rotatable bonds is 1. The molecule has 1 heterocycles. The van der Waals surface area contributed by atoms with Crippen LogP contribution in [0.5, 0.6) is 0 Å². The van der Waals surface area contributed by atoms with Crippen LogP contribution in [0.3, 0.4) is 0 Å². The summed E-state index contributed by atoms with van der Waals surface area (Å²) in [5, 5.41) is 20.7. The van der Waals surface area contributed by atoms with Crippen LogP contribution in [0, 0.1) is 22.7 Å². The highest BCUT2D eigenvalue weighted by molar-refractivity contribution is 5.55. The molecular formula is C20H26O3. The van der Waals surface area contributed by atoms with Gasteiger partial charge in [0.25, 0.3) is 0 Å². The van der Waals surface area contributed by atoms with E-state index in [1.807, 2.05) is 6.26 Å². The summed E-state index contributed by atoms with van der Waals surface area (Å²) < 4.78 is 5.64. The molecule has 1 unspecified atom stereocenters. The zero-order chi connectivity index (χ0) is 15.9. The van der Waals surface area contributed by atoms with Crippen LogP contribution < -0.4 is 0 Å². The first kappa shape index (κ1) is 14.3. The van der Waals surface area contributed by atoms with E-state index >= 15 is 0 Å². The highest BCUT2D eigenvalue weighted by Gasteiger charge is 2.65. The molecule has 3 heteroatoms. The van der Waals surface area contributed by atoms with Crippen LogP contribution in [-0.4, -0.2) is 22.4 Å². The molecule has 2 N–H and O–H groups in total. The van der Waals surface area contributed by atoms with E-state index in [2.05, 4.69) is 25.1 Å². The van der Waals surface area contributed by atoms with E-state index in [9.17, 15) is 10.2 Å². The van der Waals surface area contributed by atoms with Gasteiger partial charge in [0, 0.05) is 5.56 Å². The number of fused-ring (bicyclic) bond motifs is 5. The van der Waals surface area contributed by atoms with Gasteiger partial charge in [0.05, 0.1) is 18.5 Å². The Bertz CT molecular complexity index is 676. The smallest absolute Gasteiger partial charge is 0.129 e. The molecule has 0 radical (unpaired) electrons. The van der Waals surface area contributed by atoms with Crippen molar-refractivity contribution in [3.63, 3.8) is 0 Å². The van der Waals surface area contributed by atoms with Crippen molar-refractivity contribution in [2.24, 2.45) is 22.7 Å². The average Bonchev–Trinajstić information content (AvgIpc) is 3.09. The zero-order valence-electron chi connectivity index (χ0n) is 13.8. The van der Waals surface area contributed by atoms with Gasteiger partial charge in [-0.05, 0) is 79.3 Å². The molecule has 1 spiro atoms. The Balaban J connectivity index is 1.58. The number of aliphatic hydroxyl groups is 2. The third kappa shape index (κ3) is 1.63. The Morgan fingerprint density at radius 3 is 3.00 bits per heavy atom. The second-order valence-electron chi connectivity index (χ2n) is 8.86.